The average Bonchev–Trinajstić information content (AvgIpc) is 2.78. The summed E-state index contributed by atoms with van der Waals surface area (Å²) in [4.78, 5) is 12.4. The van der Waals surface area contributed by atoms with Crippen molar-refractivity contribution in [3.05, 3.63) is 88.4 Å². The first-order valence-electron chi connectivity index (χ1n) is 9.70. The summed E-state index contributed by atoms with van der Waals surface area (Å²) in [5.41, 5.74) is 4.70. The van der Waals surface area contributed by atoms with E-state index in [9.17, 15) is 4.79 Å². The van der Waals surface area contributed by atoms with Crippen LogP contribution in [0.5, 0.6) is 17.2 Å². The number of nitrogens with one attached hydrogen (secondary N) is 1. The first-order chi connectivity index (χ1) is 15.1. The van der Waals surface area contributed by atoms with Crippen LogP contribution in [0.1, 0.15) is 28.4 Å². The van der Waals surface area contributed by atoms with E-state index < -0.39 is 0 Å². The van der Waals surface area contributed by atoms with Crippen LogP contribution in [0.3, 0.4) is 0 Å². The molecule has 0 atom stereocenters. The second kappa shape index (κ2) is 11.0. The number of halogens is 1. The molecule has 1 amide bonds. The van der Waals surface area contributed by atoms with Crippen LogP contribution in [0.4, 0.5) is 0 Å². The number of rotatable bonds is 9. The monoisotopic (exact) mass is 438 g/mol. The van der Waals surface area contributed by atoms with Crippen molar-refractivity contribution in [2.75, 3.05) is 13.7 Å². The van der Waals surface area contributed by atoms with Gasteiger partial charge in [-0.25, -0.2) is 5.43 Å². The molecule has 31 heavy (non-hydrogen) atoms. The minimum absolute atomic E-state index is 0.354. The molecule has 0 heterocycles. The standard InChI is InChI=1S/C24H23ClN2O4/c1-3-30-23-14-19(10-11-22(23)29-2)24(28)27-26-15-17-6-5-9-21(13-17)31-16-18-7-4-8-20(25)12-18/h4-15H,3,16H2,1-2H3,(H,27,28)/b26-15+. The van der Waals surface area contributed by atoms with E-state index in [2.05, 4.69) is 10.5 Å². The Morgan fingerprint density at radius 3 is 2.65 bits per heavy atom. The predicted octanol–water partition coefficient (Wildman–Crippen LogP) is 5.09. The lowest BCUT2D eigenvalue weighted by atomic mass is 10.2. The average molecular weight is 439 g/mol. The molecule has 3 aromatic carbocycles. The molecule has 3 rings (SSSR count). The first kappa shape index (κ1) is 22.2. The van der Waals surface area contributed by atoms with Crippen LogP contribution in [0, 0.1) is 0 Å². The van der Waals surface area contributed by atoms with Gasteiger partial charge in [0.2, 0.25) is 0 Å². The smallest absolute Gasteiger partial charge is 0.271 e. The highest BCUT2D eigenvalue weighted by atomic mass is 35.5. The molecule has 0 aliphatic heterocycles. The van der Waals surface area contributed by atoms with Crippen molar-refractivity contribution in [2.45, 2.75) is 13.5 Å². The summed E-state index contributed by atoms with van der Waals surface area (Å²) in [5, 5.41) is 4.71. The Kier molecular flexibility index (Phi) is 7.90. The third-order valence-electron chi connectivity index (χ3n) is 4.26. The molecule has 0 aliphatic carbocycles. The zero-order valence-electron chi connectivity index (χ0n) is 17.3. The summed E-state index contributed by atoms with van der Waals surface area (Å²) >= 11 is 6.00. The van der Waals surface area contributed by atoms with Crippen molar-refractivity contribution >= 4 is 23.7 Å². The maximum absolute atomic E-state index is 12.4. The molecule has 7 heteroatoms. The molecular weight excluding hydrogens is 416 g/mol. The zero-order valence-corrected chi connectivity index (χ0v) is 18.1. The van der Waals surface area contributed by atoms with Crippen LogP contribution in [0.15, 0.2) is 71.8 Å². The highest BCUT2D eigenvalue weighted by Gasteiger charge is 2.10. The van der Waals surface area contributed by atoms with E-state index in [1.807, 2.05) is 55.5 Å². The second-order valence-electron chi connectivity index (χ2n) is 6.49. The minimum atomic E-state index is -0.354. The van der Waals surface area contributed by atoms with Gasteiger partial charge in [0.15, 0.2) is 11.5 Å². The third-order valence-corrected chi connectivity index (χ3v) is 4.49. The summed E-state index contributed by atoms with van der Waals surface area (Å²) in [5.74, 6) is 1.41. The Morgan fingerprint density at radius 2 is 1.87 bits per heavy atom. The summed E-state index contributed by atoms with van der Waals surface area (Å²) in [7, 11) is 1.55. The lowest BCUT2D eigenvalue weighted by molar-refractivity contribution is 0.0954. The van der Waals surface area contributed by atoms with Crippen molar-refractivity contribution in [1.29, 1.82) is 0 Å². The fraction of sp³-hybridized carbons (Fsp3) is 0.167. The number of amides is 1. The molecule has 0 aromatic heterocycles. The Bertz CT molecular complexity index is 1070. The number of methoxy groups -OCH3 is 1. The highest BCUT2D eigenvalue weighted by molar-refractivity contribution is 6.30. The molecule has 3 aromatic rings. The molecule has 6 nitrogen and oxygen atoms in total. The van der Waals surface area contributed by atoms with Crippen LogP contribution < -0.4 is 19.6 Å². The van der Waals surface area contributed by atoms with Gasteiger partial charge in [-0.15, -0.1) is 0 Å². The molecule has 0 saturated carbocycles. The molecule has 0 fully saturated rings. The quantitative estimate of drug-likeness (QED) is 0.373. The van der Waals surface area contributed by atoms with Gasteiger partial charge in [0.25, 0.3) is 5.91 Å². The molecule has 0 aliphatic rings. The van der Waals surface area contributed by atoms with E-state index in [1.54, 1.807) is 31.5 Å². The Hall–Kier alpha value is -3.51. The van der Waals surface area contributed by atoms with Crippen LogP contribution in [-0.4, -0.2) is 25.8 Å². The maximum Gasteiger partial charge on any atom is 0.271 e. The number of benzene rings is 3. The van der Waals surface area contributed by atoms with Crippen molar-refractivity contribution in [3.8, 4) is 17.2 Å². The molecule has 1 N–H and O–H groups in total. The molecule has 0 bridgehead atoms. The number of hydrogen-bond acceptors (Lipinski definition) is 5. The van der Waals surface area contributed by atoms with E-state index in [-0.39, 0.29) is 5.91 Å². The van der Waals surface area contributed by atoms with Gasteiger partial charge in [-0.3, -0.25) is 4.79 Å². The van der Waals surface area contributed by atoms with Crippen molar-refractivity contribution in [1.82, 2.24) is 5.43 Å². The van der Waals surface area contributed by atoms with E-state index in [1.165, 1.54) is 0 Å². The number of carbonyl (C=O) groups excluding carboxylic acids is 1. The van der Waals surface area contributed by atoms with Crippen molar-refractivity contribution < 1.29 is 19.0 Å². The molecule has 0 unspecified atom stereocenters. The third kappa shape index (κ3) is 6.49. The summed E-state index contributed by atoms with van der Waals surface area (Å²) in [6.45, 7) is 2.73. The van der Waals surface area contributed by atoms with E-state index in [4.69, 9.17) is 25.8 Å². The lowest BCUT2D eigenvalue weighted by Gasteiger charge is -2.10. The number of hydrogen-bond donors (Lipinski definition) is 1. The molecule has 0 radical (unpaired) electrons. The Balaban J connectivity index is 1.60. The minimum Gasteiger partial charge on any atom is -0.493 e. The largest absolute Gasteiger partial charge is 0.493 e. The van der Waals surface area contributed by atoms with Gasteiger partial charge in [0, 0.05) is 10.6 Å². The van der Waals surface area contributed by atoms with E-state index in [0.29, 0.717) is 41.0 Å². The SMILES string of the molecule is CCOc1cc(C(=O)N/N=C/c2cccc(OCc3cccc(Cl)c3)c2)ccc1OC. The Morgan fingerprint density at radius 1 is 1.03 bits per heavy atom. The highest BCUT2D eigenvalue weighted by Crippen LogP contribution is 2.28. The lowest BCUT2D eigenvalue weighted by Crippen LogP contribution is -2.17. The normalized spacial score (nSPS) is 10.7. The van der Waals surface area contributed by atoms with E-state index >= 15 is 0 Å². The van der Waals surface area contributed by atoms with Gasteiger partial charge in [0.05, 0.1) is 19.9 Å². The topological polar surface area (TPSA) is 69.2 Å². The predicted molar refractivity (Wildman–Crippen MR) is 121 cm³/mol. The van der Waals surface area contributed by atoms with Gasteiger partial charge >= 0.3 is 0 Å². The summed E-state index contributed by atoms with van der Waals surface area (Å²) < 4.78 is 16.5. The van der Waals surface area contributed by atoms with Gasteiger partial charge in [-0.05, 0) is 60.5 Å². The fourth-order valence-corrected chi connectivity index (χ4v) is 3.01. The number of nitrogens with zero attached hydrogens (tertiary/aromatic N) is 1. The van der Waals surface area contributed by atoms with Gasteiger partial charge in [-0.1, -0.05) is 35.9 Å². The van der Waals surface area contributed by atoms with Crippen LogP contribution >= 0.6 is 11.6 Å². The summed E-state index contributed by atoms with van der Waals surface area (Å²) in [6.07, 6.45) is 1.55. The first-order valence-corrected chi connectivity index (χ1v) is 10.1. The zero-order chi connectivity index (χ0) is 22.1. The van der Waals surface area contributed by atoms with Crippen LogP contribution in [0.25, 0.3) is 0 Å². The molecule has 160 valence electrons. The van der Waals surface area contributed by atoms with Gasteiger partial charge in [-0.2, -0.15) is 5.10 Å². The van der Waals surface area contributed by atoms with Gasteiger partial charge < -0.3 is 14.2 Å². The number of ether oxygens (including phenoxy) is 3. The maximum atomic E-state index is 12.4. The number of hydrazone groups is 1. The molecule has 0 spiro atoms. The number of carbonyl (C=O) groups is 1. The van der Waals surface area contributed by atoms with Crippen LogP contribution in [-0.2, 0) is 6.61 Å². The molecular formula is C24H23ClN2O4. The van der Waals surface area contributed by atoms with E-state index in [0.717, 1.165) is 11.1 Å². The van der Waals surface area contributed by atoms with Crippen molar-refractivity contribution in [2.24, 2.45) is 5.10 Å². The van der Waals surface area contributed by atoms with Crippen LogP contribution in [0.2, 0.25) is 5.02 Å². The van der Waals surface area contributed by atoms with Crippen molar-refractivity contribution in [3.63, 3.8) is 0 Å². The Labute approximate surface area is 186 Å². The molecule has 0 saturated heterocycles. The summed E-state index contributed by atoms with van der Waals surface area (Å²) in [6, 6.07) is 19.9. The second-order valence-corrected chi connectivity index (χ2v) is 6.93. The van der Waals surface area contributed by atoms with Gasteiger partial charge in [0.1, 0.15) is 12.4 Å². The fourth-order valence-electron chi connectivity index (χ4n) is 2.79.